The van der Waals surface area contributed by atoms with E-state index in [1.54, 1.807) is 29.2 Å². The maximum atomic E-state index is 13.2. The van der Waals surface area contributed by atoms with Gasteiger partial charge >= 0.3 is 0 Å². The first-order valence-electron chi connectivity index (χ1n) is 10.5. The molecular weight excluding hydrogens is 412 g/mol. The summed E-state index contributed by atoms with van der Waals surface area (Å²) in [4.78, 5) is 28.1. The number of nitrogens with one attached hydrogen (secondary N) is 1. The van der Waals surface area contributed by atoms with Crippen LogP contribution in [0.15, 0.2) is 53.4 Å². The molecule has 2 atom stereocenters. The van der Waals surface area contributed by atoms with Crippen molar-refractivity contribution in [3.63, 3.8) is 0 Å². The Morgan fingerprint density at radius 2 is 1.65 bits per heavy atom. The molecule has 2 amide bonds. The van der Waals surface area contributed by atoms with Gasteiger partial charge in [-0.3, -0.25) is 9.59 Å². The van der Waals surface area contributed by atoms with Gasteiger partial charge in [0.1, 0.15) is 6.04 Å². The minimum atomic E-state index is -3.27. The van der Waals surface area contributed by atoms with E-state index in [0.29, 0.717) is 19.4 Å². The minimum absolute atomic E-state index is 0.0187. The molecule has 0 saturated carbocycles. The molecule has 1 heterocycles. The Labute approximate surface area is 184 Å². The average molecular weight is 443 g/mol. The van der Waals surface area contributed by atoms with Gasteiger partial charge in [0.15, 0.2) is 9.84 Å². The van der Waals surface area contributed by atoms with Crippen LogP contribution in [-0.4, -0.2) is 37.4 Å². The molecule has 0 aromatic heterocycles. The molecule has 0 saturated heterocycles. The van der Waals surface area contributed by atoms with E-state index < -0.39 is 15.9 Å². The predicted octanol–water partition coefficient (Wildman–Crippen LogP) is 3.27. The second kappa shape index (κ2) is 9.22. The highest BCUT2D eigenvalue weighted by atomic mass is 32.2. The number of carbonyl (C=O) groups excluding carboxylic acids is 2. The van der Waals surface area contributed by atoms with E-state index in [4.69, 9.17) is 0 Å². The van der Waals surface area contributed by atoms with Crippen molar-refractivity contribution >= 4 is 21.7 Å². The van der Waals surface area contributed by atoms with Gasteiger partial charge < -0.3 is 10.2 Å². The number of nitrogens with zero attached hydrogens (tertiary/aromatic N) is 1. The molecule has 6 nitrogen and oxygen atoms in total. The molecule has 166 valence electrons. The Bertz CT molecular complexity index is 1060. The van der Waals surface area contributed by atoms with Crippen molar-refractivity contribution in [1.82, 2.24) is 10.2 Å². The lowest BCUT2D eigenvalue weighted by Gasteiger charge is -2.37. The van der Waals surface area contributed by atoms with E-state index in [9.17, 15) is 18.0 Å². The van der Waals surface area contributed by atoms with E-state index in [1.807, 2.05) is 45.0 Å². The van der Waals surface area contributed by atoms with Gasteiger partial charge in [-0.2, -0.15) is 0 Å². The zero-order valence-corrected chi connectivity index (χ0v) is 19.3. The largest absolute Gasteiger partial charge is 0.348 e. The normalized spacial score (nSPS) is 17.2. The van der Waals surface area contributed by atoms with Gasteiger partial charge in [-0.25, -0.2) is 8.42 Å². The summed E-state index contributed by atoms with van der Waals surface area (Å²) < 4.78 is 23.3. The molecule has 1 N–H and O–H groups in total. The smallest absolute Gasteiger partial charge is 0.243 e. The SMILES string of the molecule is CC(C)CC(=O)N1Cc2ccccc2CC1C(=O)NC(C)c1ccc(S(C)(=O)=O)cc1. The monoisotopic (exact) mass is 442 g/mol. The number of benzene rings is 2. The second-order valence-electron chi connectivity index (χ2n) is 8.68. The third-order valence-corrected chi connectivity index (χ3v) is 6.75. The van der Waals surface area contributed by atoms with Crippen LogP contribution in [0.5, 0.6) is 0 Å². The Kier molecular flexibility index (Phi) is 6.84. The molecule has 0 bridgehead atoms. The van der Waals surface area contributed by atoms with Crippen molar-refractivity contribution in [3.05, 3.63) is 65.2 Å². The van der Waals surface area contributed by atoms with Crippen LogP contribution < -0.4 is 5.32 Å². The molecule has 7 heteroatoms. The molecule has 0 spiro atoms. The van der Waals surface area contributed by atoms with Crippen LogP contribution in [0.2, 0.25) is 0 Å². The molecule has 1 aliphatic rings. The highest BCUT2D eigenvalue weighted by Gasteiger charge is 2.35. The van der Waals surface area contributed by atoms with E-state index in [2.05, 4.69) is 5.32 Å². The Morgan fingerprint density at radius 1 is 1.03 bits per heavy atom. The summed E-state index contributed by atoms with van der Waals surface area (Å²) in [5.41, 5.74) is 2.96. The zero-order chi connectivity index (χ0) is 22.8. The number of hydrogen-bond donors (Lipinski definition) is 1. The second-order valence-corrected chi connectivity index (χ2v) is 10.7. The van der Waals surface area contributed by atoms with Crippen molar-refractivity contribution in [2.24, 2.45) is 5.92 Å². The number of rotatable bonds is 6. The third-order valence-electron chi connectivity index (χ3n) is 5.62. The minimum Gasteiger partial charge on any atom is -0.348 e. The Morgan fingerprint density at radius 3 is 2.23 bits per heavy atom. The standard InChI is InChI=1S/C24H30N2O4S/c1-16(2)13-23(27)26-15-20-8-6-5-7-19(20)14-22(26)24(28)25-17(3)18-9-11-21(12-10-18)31(4,29)30/h5-12,16-17,22H,13-15H2,1-4H3,(H,25,28). The predicted molar refractivity (Wildman–Crippen MR) is 120 cm³/mol. The van der Waals surface area contributed by atoms with Crippen LogP contribution in [-0.2, 0) is 32.4 Å². The third kappa shape index (κ3) is 5.53. The summed E-state index contributed by atoms with van der Waals surface area (Å²) in [5.74, 6) is -0.0122. The summed E-state index contributed by atoms with van der Waals surface area (Å²) in [7, 11) is -3.27. The van der Waals surface area contributed by atoms with Gasteiger partial charge in [0.05, 0.1) is 10.9 Å². The fourth-order valence-electron chi connectivity index (χ4n) is 3.88. The lowest BCUT2D eigenvalue weighted by atomic mass is 9.92. The maximum Gasteiger partial charge on any atom is 0.243 e. The highest BCUT2D eigenvalue weighted by molar-refractivity contribution is 7.90. The first kappa shape index (κ1) is 23.0. The summed E-state index contributed by atoms with van der Waals surface area (Å²) in [6, 6.07) is 13.5. The van der Waals surface area contributed by atoms with Gasteiger partial charge in [0, 0.05) is 25.6 Å². The quantitative estimate of drug-likeness (QED) is 0.744. The van der Waals surface area contributed by atoms with Crippen LogP contribution in [0.1, 0.15) is 49.9 Å². The number of carbonyl (C=O) groups is 2. The molecule has 3 rings (SSSR count). The molecule has 2 aromatic rings. The van der Waals surface area contributed by atoms with Crippen molar-refractivity contribution in [2.45, 2.75) is 57.1 Å². The summed E-state index contributed by atoms with van der Waals surface area (Å²) in [6.07, 6.45) is 2.04. The molecule has 1 aliphatic heterocycles. The van der Waals surface area contributed by atoms with Crippen molar-refractivity contribution < 1.29 is 18.0 Å². The summed E-state index contributed by atoms with van der Waals surface area (Å²) >= 11 is 0. The molecule has 0 fully saturated rings. The zero-order valence-electron chi connectivity index (χ0n) is 18.5. The van der Waals surface area contributed by atoms with Crippen LogP contribution in [0.25, 0.3) is 0 Å². The van der Waals surface area contributed by atoms with Gasteiger partial charge in [0.25, 0.3) is 0 Å². The summed E-state index contributed by atoms with van der Waals surface area (Å²) in [6.45, 7) is 6.27. The van der Waals surface area contributed by atoms with E-state index in [1.165, 1.54) is 0 Å². The van der Waals surface area contributed by atoms with E-state index in [-0.39, 0.29) is 28.7 Å². The first-order chi connectivity index (χ1) is 14.6. The molecule has 0 aliphatic carbocycles. The number of amides is 2. The molecule has 0 radical (unpaired) electrons. The van der Waals surface area contributed by atoms with Crippen LogP contribution in [0.4, 0.5) is 0 Å². The fraction of sp³-hybridized carbons (Fsp3) is 0.417. The lowest BCUT2D eigenvalue weighted by Crippen LogP contribution is -2.53. The van der Waals surface area contributed by atoms with Crippen molar-refractivity contribution in [3.8, 4) is 0 Å². The lowest BCUT2D eigenvalue weighted by molar-refractivity contribution is -0.142. The number of sulfone groups is 1. The molecule has 2 unspecified atom stereocenters. The van der Waals surface area contributed by atoms with Gasteiger partial charge in [-0.1, -0.05) is 50.2 Å². The van der Waals surface area contributed by atoms with Crippen LogP contribution in [0, 0.1) is 5.92 Å². The Hall–Kier alpha value is -2.67. The van der Waals surface area contributed by atoms with Crippen molar-refractivity contribution in [2.75, 3.05) is 6.26 Å². The van der Waals surface area contributed by atoms with E-state index in [0.717, 1.165) is 22.9 Å². The molecular formula is C24H30N2O4S. The molecule has 2 aromatic carbocycles. The van der Waals surface area contributed by atoms with Gasteiger partial charge in [-0.15, -0.1) is 0 Å². The fourth-order valence-corrected chi connectivity index (χ4v) is 4.51. The Balaban J connectivity index is 1.79. The average Bonchev–Trinajstić information content (AvgIpc) is 2.71. The topological polar surface area (TPSA) is 83.6 Å². The number of hydrogen-bond acceptors (Lipinski definition) is 4. The molecule has 31 heavy (non-hydrogen) atoms. The maximum absolute atomic E-state index is 13.2. The van der Waals surface area contributed by atoms with Gasteiger partial charge in [0.2, 0.25) is 11.8 Å². The van der Waals surface area contributed by atoms with Gasteiger partial charge in [-0.05, 0) is 41.7 Å². The van der Waals surface area contributed by atoms with Crippen LogP contribution in [0.3, 0.4) is 0 Å². The first-order valence-corrected chi connectivity index (χ1v) is 12.4. The summed E-state index contributed by atoms with van der Waals surface area (Å²) in [5, 5.41) is 3.01. The van der Waals surface area contributed by atoms with Crippen molar-refractivity contribution in [1.29, 1.82) is 0 Å². The van der Waals surface area contributed by atoms with E-state index >= 15 is 0 Å². The van der Waals surface area contributed by atoms with Crippen LogP contribution >= 0.6 is 0 Å². The highest BCUT2D eigenvalue weighted by Crippen LogP contribution is 2.26. The number of fused-ring (bicyclic) bond motifs is 1.